The van der Waals surface area contributed by atoms with E-state index in [2.05, 4.69) is 9.88 Å². The first-order valence-electron chi connectivity index (χ1n) is 6.68. The van der Waals surface area contributed by atoms with Crippen LogP contribution >= 0.6 is 0 Å². The smallest absolute Gasteiger partial charge is 0.264 e. The molecular weight excluding hydrogens is 288 g/mol. The molecule has 21 heavy (non-hydrogen) atoms. The Morgan fingerprint density at radius 1 is 1.14 bits per heavy atom. The molecule has 0 spiro atoms. The third-order valence-corrected chi connectivity index (χ3v) is 4.76. The highest BCUT2D eigenvalue weighted by Gasteiger charge is 2.26. The van der Waals surface area contributed by atoms with Gasteiger partial charge in [-0.3, -0.25) is 0 Å². The van der Waals surface area contributed by atoms with Crippen LogP contribution in [0, 0.1) is 13.8 Å². The summed E-state index contributed by atoms with van der Waals surface area (Å²) in [5.41, 5.74) is 1.83. The molecule has 5 nitrogen and oxygen atoms in total. The number of hydrogen-bond acceptors (Lipinski definition) is 4. The maximum atomic E-state index is 12.6. The molecule has 1 N–H and O–H groups in total. The van der Waals surface area contributed by atoms with Crippen LogP contribution in [0.3, 0.4) is 0 Å². The predicted molar refractivity (Wildman–Crippen MR) is 81.9 cm³/mol. The molecule has 0 radical (unpaired) electrons. The van der Waals surface area contributed by atoms with Gasteiger partial charge in [-0.25, -0.2) is 13.1 Å². The summed E-state index contributed by atoms with van der Waals surface area (Å²) in [4.78, 5) is 0.256. The van der Waals surface area contributed by atoms with E-state index in [0.717, 1.165) is 5.56 Å². The van der Waals surface area contributed by atoms with Crippen LogP contribution in [-0.2, 0) is 15.4 Å². The fraction of sp³-hybridized carbons (Fsp3) is 0.400. The van der Waals surface area contributed by atoms with E-state index in [1.165, 1.54) is 0 Å². The lowest BCUT2D eigenvalue weighted by Crippen LogP contribution is -2.21. The van der Waals surface area contributed by atoms with Gasteiger partial charge in [0.1, 0.15) is 0 Å². The number of nitrogens with zero attached hydrogens (tertiary/aromatic N) is 1. The molecule has 1 aromatic carbocycles. The monoisotopic (exact) mass is 308 g/mol. The largest absolute Gasteiger partial charge is 0.337 e. The van der Waals surface area contributed by atoms with E-state index in [1.807, 2.05) is 32.9 Å². The molecule has 2 rings (SSSR count). The van der Waals surface area contributed by atoms with Crippen LogP contribution in [0.2, 0.25) is 0 Å². The number of aryl methyl sites for hydroxylation is 1. The van der Waals surface area contributed by atoms with Gasteiger partial charge in [0.05, 0.1) is 10.6 Å². The van der Waals surface area contributed by atoms with Gasteiger partial charge in [-0.2, -0.15) is 0 Å². The van der Waals surface area contributed by atoms with Crippen molar-refractivity contribution in [1.29, 1.82) is 0 Å². The lowest BCUT2D eigenvalue weighted by atomic mass is 9.87. The third-order valence-electron chi connectivity index (χ3n) is 3.37. The van der Waals surface area contributed by atoms with Crippen LogP contribution in [0.15, 0.2) is 33.7 Å². The minimum absolute atomic E-state index is 0.163. The second-order valence-electron chi connectivity index (χ2n) is 6.07. The molecule has 1 heterocycles. The fourth-order valence-electron chi connectivity index (χ4n) is 2.01. The van der Waals surface area contributed by atoms with Crippen LogP contribution in [0.25, 0.3) is 0 Å². The summed E-state index contributed by atoms with van der Waals surface area (Å²) in [6.07, 6.45) is 0. The zero-order valence-corrected chi connectivity index (χ0v) is 13.7. The van der Waals surface area contributed by atoms with Crippen molar-refractivity contribution < 1.29 is 12.9 Å². The number of nitrogens with one attached hydrogen (secondary N) is 1. The molecule has 0 unspecified atom stereocenters. The third kappa shape index (κ3) is 3.10. The Hall–Kier alpha value is -1.82. The van der Waals surface area contributed by atoms with Crippen LogP contribution in [0.1, 0.15) is 37.6 Å². The van der Waals surface area contributed by atoms with Crippen LogP contribution < -0.4 is 4.72 Å². The van der Waals surface area contributed by atoms with E-state index in [0.29, 0.717) is 11.3 Å². The Balaban J connectivity index is 2.48. The normalized spacial score (nSPS) is 12.4. The molecule has 114 valence electrons. The summed E-state index contributed by atoms with van der Waals surface area (Å²) in [6, 6.07) is 6.97. The van der Waals surface area contributed by atoms with Gasteiger partial charge >= 0.3 is 0 Å². The molecule has 0 bridgehead atoms. The molecule has 0 fully saturated rings. The topological polar surface area (TPSA) is 72.2 Å². The van der Waals surface area contributed by atoms with Crippen molar-refractivity contribution in [2.45, 2.75) is 44.9 Å². The van der Waals surface area contributed by atoms with Crippen molar-refractivity contribution >= 4 is 15.9 Å². The van der Waals surface area contributed by atoms with E-state index in [1.54, 1.807) is 26.0 Å². The van der Waals surface area contributed by atoms with E-state index < -0.39 is 10.0 Å². The molecule has 1 aromatic heterocycles. The maximum absolute atomic E-state index is 12.6. The van der Waals surface area contributed by atoms with Gasteiger partial charge in [0.15, 0.2) is 0 Å². The first-order chi connectivity index (χ1) is 9.63. The van der Waals surface area contributed by atoms with Gasteiger partial charge in [-0.15, -0.1) is 0 Å². The molecule has 2 aromatic rings. The summed E-state index contributed by atoms with van der Waals surface area (Å²) in [5.74, 6) is 0.163. The number of rotatable bonds is 3. The summed E-state index contributed by atoms with van der Waals surface area (Å²) < 4.78 is 32.8. The molecule has 0 atom stereocenters. The zero-order chi connectivity index (χ0) is 15.8. The summed E-state index contributed by atoms with van der Waals surface area (Å²) >= 11 is 0. The lowest BCUT2D eigenvalue weighted by molar-refractivity contribution is 0.430. The van der Waals surface area contributed by atoms with E-state index >= 15 is 0 Å². The van der Waals surface area contributed by atoms with Crippen molar-refractivity contribution in [2.24, 2.45) is 0 Å². The van der Waals surface area contributed by atoms with Crippen molar-refractivity contribution in [3.05, 3.63) is 41.1 Å². The Bertz CT molecular complexity index is 755. The van der Waals surface area contributed by atoms with Gasteiger partial charge in [-0.05, 0) is 30.9 Å². The van der Waals surface area contributed by atoms with Crippen molar-refractivity contribution in [1.82, 2.24) is 5.16 Å². The van der Waals surface area contributed by atoms with Crippen LogP contribution in [-0.4, -0.2) is 13.6 Å². The summed E-state index contributed by atoms with van der Waals surface area (Å²) in [7, 11) is -3.72. The van der Waals surface area contributed by atoms with Gasteiger partial charge in [-0.1, -0.05) is 44.1 Å². The van der Waals surface area contributed by atoms with Gasteiger partial charge < -0.3 is 4.52 Å². The Kier molecular flexibility index (Phi) is 3.84. The van der Waals surface area contributed by atoms with E-state index in [-0.39, 0.29) is 16.2 Å². The SMILES string of the molecule is Cc1noc(NS(=O)(=O)c2ccccc2C(C)(C)C)c1C. The lowest BCUT2D eigenvalue weighted by Gasteiger charge is -2.22. The highest BCUT2D eigenvalue weighted by Crippen LogP contribution is 2.30. The molecule has 0 amide bonds. The second-order valence-corrected chi connectivity index (χ2v) is 7.72. The van der Waals surface area contributed by atoms with Crippen molar-refractivity contribution in [3.8, 4) is 0 Å². The minimum Gasteiger partial charge on any atom is -0.337 e. The van der Waals surface area contributed by atoms with Gasteiger partial charge in [0.2, 0.25) is 5.88 Å². The Morgan fingerprint density at radius 2 is 1.76 bits per heavy atom. The quantitative estimate of drug-likeness (QED) is 0.943. The average Bonchev–Trinajstić information content (AvgIpc) is 2.69. The number of hydrogen-bond donors (Lipinski definition) is 1. The number of anilines is 1. The van der Waals surface area contributed by atoms with Gasteiger partial charge in [0, 0.05) is 5.56 Å². The Morgan fingerprint density at radius 3 is 2.29 bits per heavy atom. The molecule has 0 saturated carbocycles. The molecule has 6 heteroatoms. The molecule has 0 aliphatic heterocycles. The van der Waals surface area contributed by atoms with Crippen molar-refractivity contribution in [2.75, 3.05) is 4.72 Å². The van der Waals surface area contributed by atoms with Crippen LogP contribution in [0.5, 0.6) is 0 Å². The molecule has 0 saturated heterocycles. The number of benzene rings is 1. The first-order valence-corrected chi connectivity index (χ1v) is 8.16. The average molecular weight is 308 g/mol. The minimum atomic E-state index is -3.72. The highest BCUT2D eigenvalue weighted by molar-refractivity contribution is 7.92. The number of aromatic nitrogens is 1. The summed E-state index contributed by atoms with van der Waals surface area (Å²) in [6.45, 7) is 9.46. The predicted octanol–water partition coefficient (Wildman–Crippen LogP) is 3.39. The van der Waals surface area contributed by atoms with Crippen molar-refractivity contribution in [3.63, 3.8) is 0 Å². The number of sulfonamides is 1. The second kappa shape index (κ2) is 5.18. The molecule has 0 aliphatic carbocycles. The zero-order valence-electron chi connectivity index (χ0n) is 12.9. The highest BCUT2D eigenvalue weighted by atomic mass is 32.2. The van der Waals surface area contributed by atoms with Gasteiger partial charge in [0.25, 0.3) is 10.0 Å². The van der Waals surface area contributed by atoms with E-state index in [9.17, 15) is 8.42 Å². The first kappa shape index (κ1) is 15.6. The molecule has 0 aliphatic rings. The summed E-state index contributed by atoms with van der Waals surface area (Å²) in [5, 5.41) is 3.76. The maximum Gasteiger partial charge on any atom is 0.264 e. The Labute approximate surface area is 125 Å². The standard InChI is InChI=1S/C15H20N2O3S/c1-10-11(2)16-20-14(10)17-21(18,19)13-9-7-6-8-12(13)15(3,4)5/h6-9,17H,1-5H3. The fourth-order valence-corrected chi connectivity index (χ4v) is 3.47. The molecular formula is C15H20N2O3S. The van der Waals surface area contributed by atoms with Crippen LogP contribution in [0.4, 0.5) is 5.88 Å². The van der Waals surface area contributed by atoms with E-state index in [4.69, 9.17) is 4.52 Å².